The number of para-hydroxylation sites is 1. The van der Waals surface area contributed by atoms with E-state index in [2.05, 4.69) is 50.1 Å². The molecule has 0 amide bonds. The van der Waals surface area contributed by atoms with Gasteiger partial charge in [-0.15, -0.1) is 0 Å². The molecule has 1 saturated heterocycles. The number of hydrogen-bond acceptors (Lipinski definition) is 3. The second kappa shape index (κ2) is 5.24. The van der Waals surface area contributed by atoms with Crippen LogP contribution in [0, 0.1) is 0 Å². The molecule has 0 saturated carbocycles. The number of aromatic nitrogens is 1. The molecule has 2 aromatic rings. The van der Waals surface area contributed by atoms with E-state index in [0.29, 0.717) is 0 Å². The van der Waals surface area contributed by atoms with E-state index >= 15 is 0 Å². The zero-order valence-corrected chi connectivity index (χ0v) is 11.6. The molecule has 1 aliphatic rings. The van der Waals surface area contributed by atoms with Crippen LogP contribution in [0.15, 0.2) is 36.5 Å². The highest BCUT2D eigenvalue weighted by molar-refractivity contribution is 9.09. The summed E-state index contributed by atoms with van der Waals surface area (Å²) in [5.74, 6) is 0. The Morgan fingerprint density at radius 2 is 2.22 bits per heavy atom. The Hall–Kier alpha value is -1.13. The van der Waals surface area contributed by atoms with Gasteiger partial charge in [0.25, 0.3) is 0 Å². The Bertz CT molecular complexity index is 541. The molecule has 1 aliphatic heterocycles. The van der Waals surface area contributed by atoms with Crippen LogP contribution in [-0.4, -0.2) is 36.1 Å². The first kappa shape index (κ1) is 11.9. The third-order valence-corrected chi connectivity index (χ3v) is 4.00. The number of fused-ring (bicyclic) bond motifs is 1. The van der Waals surface area contributed by atoms with Gasteiger partial charge in [0, 0.05) is 35.7 Å². The van der Waals surface area contributed by atoms with Gasteiger partial charge in [0.05, 0.1) is 18.2 Å². The van der Waals surface area contributed by atoms with Gasteiger partial charge in [0.2, 0.25) is 0 Å². The third-order valence-electron chi connectivity index (χ3n) is 3.28. The number of nitrogens with zero attached hydrogens (tertiary/aromatic N) is 2. The summed E-state index contributed by atoms with van der Waals surface area (Å²) in [6.45, 7) is 2.66. The third kappa shape index (κ3) is 2.22. The van der Waals surface area contributed by atoms with Crippen molar-refractivity contribution in [3.8, 4) is 0 Å². The van der Waals surface area contributed by atoms with Crippen LogP contribution < -0.4 is 4.90 Å². The Balaban J connectivity index is 1.98. The molecule has 1 unspecified atom stereocenters. The summed E-state index contributed by atoms with van der Waals surface area (Å²) in [6.07, 6.45) is 2.15. The molecule has 1 fully saturated rings. The quantitative estimate of drug-likeness (QED) is 0.798. The van der Waals surface area contributed by atoms with Gasteiger partial charge in [0.15, 0.2) is 0 Å². The molecule has 1 atom stereocenters. The highest BCUT2D eigenvalue weighted by atomic mass is 79.9. The van der Waals surface area contributed by atoms with Crippen LogP contribution in [0.3, 0.4) is 0 Å². The first-order valence-corrected chi connectivity index (χ1v) is 7.27. The average Bonchev–Trinajstić information content (AvgIpc) is 2.47. The minimum atomic E-state index is 0.269. The molecule has 1 aromatic heterocycles. The molecule has 18 heavy (non-hydrogen) atoms. The van der Waals surface area contributed by atoms with Crippen LogP contribution in [0.2, 0.25) is 0 Å². The molecular formula is C14H15BrN2O. The fourth-order valence-corrected chi connectivity index (χ4v) is 2.78. The van der Waals surface area contributed by atoms with Crippen molar-refractivity contribution >= 4 is 32.5 Å². The standard InChI is InChI=1S/C14H15BrN2O/c15-9-11-10-17(7-8-18-11)14-5-6-16-13-4-2-1-3-12(13)14/h1-6,11H,7-10H2. The Morgan fingerprint density at radius 1 is 1.33 bits per heavy atom. The van der Waals surface area contributed by atoms with Gasteiger partial charge >= 0.3 is 0 Å². The molecule has 0 spiro atoms. The van der Waals surface area contributed by atoms with Gasteiger partial charge in [-0.05, 0) is 12.1 Å². The number of anilines is 1. The van der Waals surface area contributed by atoms with Gasteiger partial charge < -0.3 is 9.64 Å². The van der Waals surface area contributed by atoms with Crippen molar-refractivity contribution in [2.45, 2.75) is 6.10 Å². The molecule has 0 radical (unpaired) electrons. The van der Waals surface area contributed by atoms with Crippen molar-refractivity contribution in [2.24, 2.45) is 0 Å². The number of pyridine rings is 1. The number of hydrogen-bond donors (Lipinski definition) is 0. The van der Waals surface area contributed by atoms with Crippen molar-refractivity contribution in [1.82, 2.24) is 4.98 Å². The van der Waals surface area contributed by atoms with Crippen LogP contribution in [-0.2, 0) is 4.74 Å². The molecule has 0 aliphatic carbocycles. The SMILES string of the molecule is BrCC1CN(c2ccnc3ccccc23)CCO1. The number of halogens is 1. The molecule has 0 bridgehead atoms. The molecule has 3 rings (SSSR count). The first-order valence-electron chi connectivity index (χ1n) is 6.15. The lowest BCUT2D eigenvalue weighted by Crippen LogP contribution is -2.43. The van der Waals surface area contributed by atoms with Crippen LogP contribution in [0.5, 0.6) is 0 Å². The molecule has 2 heterocycles. The van der Waals surface area contributed by atoms with Crippen LogP contribution in [0.4, 0.5) is 5.69 Å². The number of rotatable bonds is 2. The maximum absolute atomic E-state index is 5.69. The largest absolute Gasteiger partial charge is 0.374 e. The summed E-state index contributed by atoms with van der Waals surface area (Å²) in [6, 6.07) is 10.4. The normalized spacial score (nSPS) is 20.3. The van der Waals surface area contributed by atoms with E-state index in [1.54, 1.807) is 0 Å². The maximum Gasteiger partial charge on any atom is 0.0847 e. The number of ether oxygens (including phenoxy) is 1. The molecule has 4 heteroatoms. The smallest absolute Gasteiger partial charge is 0.0847 e. The van der Waals surface area contributed by atoms with E-state index < -0.39 is 0 Å². The number of benzene rings is 1. The lowest BCUT2D eigenvalue weighted by Gasteiger charge is -2.34. The fraction of sp³-hybridized carbons (Fsp3) is 0.357. The van der Waals surface area contributed by atoms with E-state index in [-0.39, 0.29) is 6.10 Å². The lowest BCUT2D eigenvalue weighted by atomic mass is 10.1. The number of alkyl halides is 1. The fourth-order valence-electron chi connectivity index (χ4n) is 2.39. The van der Waals surface area contributed by atoms with E-state index in [1.807, 2.05) is 12.3 Å². The monoisotopic (exact) mass is 306 g/mol. The lowest BCUT2D eigenvalue weighted by molar-refractivity contribution is 0.0572. The second-order valence-electron chi connectivity index (χ2n) is 4.44. The van der Waals surface area contributed by atoms with Gasteiger partial charge in [-0.1, -0.05) is 34.1 Å². The molecule has 3 nitrogen and oxygen atoms in total. The minimum Gasteiger partial charge on any atom is -0.374 e. The highest BCUT2D eigenvalue weighted by Gasteiger charge is 2.20. The molecular weight excluding hydrogens is 292 g/mol. The van der Waals surface area contributed by atoms with Crippen molar-refractivity contribution in [3.05, 3.63) is 36.5 Å². The second-order valence-corrected chi connectivity index (χ2v) is 5.09. The minimum absolute atomic E-state index is 0.269. The maximum atomic E-state index is 5.69. The summed E-state index contributed by atoms with van der Waals surface area (Å²) in [7, 11) is 0. The van der Waals surface area contributed by atoms with Crippen LogP contribution >= 0.6 is 15.9 Å². The van der Waals surface area contributed by atoms with Crippen LogP contribution in [0.25, 0.3) is 10.9 Å². The predicted molar refractivity (Wildman–Crippen MR) is 77.5 cm³/mol. The topological polar surface area (TPSA) is 25.4 Å². The Kier molecular flexibility index (Phi) is 3.48. The van der Waals surface area contributed by atoms with E-state index in [1.165, 1.54) is 11.1 Å². The number of morpholine rings is 1. The zero-order valence-electron chi connectivity index (χ0n) is 10.1. The summed E-state index contributed by atoms with van der Waals surface area (Å²) in [5.41, 5.74) is 2.31. The van der Waals surface area contributed by atoms with E-state index in [9.17, 15) is 0 Å². The summed E-state index contributed by atoms with van der Waals surface area (Å²) >= 11 is 3.50. The van der Waals surface area contributed by atoms with Gasteiger partial charge in [0.1, 0.15) is 0 Å². The Morgan fingerprint density at radius 3 is 3.11 bits per heavy atom. The van der Waals surface area contributed by atoms with Gasteiger partial charge in [-0.3, -0.25) is 4.98 Å². The average molecular weight is 307 g/mol. The van der Waals surface area contributed by atoms with Gasteiger partial charge in [-0.2, -0.15) is 0 Å². The highest BCUT2D eigenvalue weighted by Crippen LogP contribution is 2.26. The van der Waals surface area contributed by atoms with E-state index in [0.717, 1.165) is 30.5 Å². The van der Waals surface area contributed by atoms with Crippen LogP contribution in [0.1, 0.15) is 0 Å². The van der Waals surface area contributed by atoms with Crippen molar-refractivity contribution in [3.63, 3.8) is 0 Å². The first-order chi connectivity index (χ1) is 8.88. The van der Waals surface area contributed by atoms with Crippen molar-refractivity contribution in [2.75, 3.05) is 29.9 Å². The molecule has 94 valence electrons. The van der Waals surface area contributed by atoms with Crippen molar-refractivity contribution < 1.29 is 4.74 Å². The summed E-state index contributed by atoms with van der Waals surface area (Å²) < 4.78 is 5.69. The summed E-state index contributed by atoms with van der Waals surface area (Å²) in [4.78, 5) is 6.80. The molecule has 0 N–H and O–H groups in total. The van der Waals surface area contributed by atoms with Gasteiger partial charge in [-0.25, -0.2) is 0 Å². The van der Waals surface area contributed by atoms with Crippen molar-refractivity contribution in [1.29, 1.82) is 0 Å². The van der Waals surface area contributed by atoms with E-state index in [4.69, 9.17) is 4.74 Å². The molecule has 1 aromatic carbocycles. The zero-order chi connectivity index (χ0) is 12.4. The predicted octanol–water partition coefficient (Wildman–Crippen LogP) is 2.83. The Labute approximate surface area is 115 Å². The summed E-state index contributed by atoms with van der Waals surface area (Å²) in [5, 5.41) is 2.10.